The summed E-state index contributed by atoms with van der Waals surface area (Å²) in [6.45, 7) is 14.3. The second kappa shape index (κ2) is 18.2. The van der Waals surface area contributed by atoms with Gasteiger partial charge < -0.3 is 10.2 Å². The van der Waals surface area contributed by atoms with Gasteiger partial charge in [0.15, 0.2) is 0 Å². The minimum absolute atomic E-state index is 0.452. The van der Waals surface area contributed by atoms with E-state index < -0.39 is 0 Å². The van der Waals surface area contributed by atoms with E-state index in [0.717, 1.165) is 6.42 Å². The molecular weight excluding hydrogens is 220 g/mol. The van der Waals surface area contributed by atoms with Gasteiger partial charge in [-0.3, -0.25) is 0 Å². The predicted octanol–water partition coefficient (Wildman–Crippen LogP) is 3.88. The Kier molecular flexibility index (Phi) is 22.2. The van der Waals surface area contributed by atoms with Crippen LogP contribution in [0.4, 0.5) is 0 Å². The van der Waals surface area contributed by atoms with E-state index in [2.05, 4.69) is 75.8 Å². The first-order valence-corrected chi connectivity index (χ1v) is 6.52. The fraction of sp³-hybridized carbons (Fsp3) is 0.625. The number of allylic oxidation sites excluding steroid dienone is 1. The van der Waals surface area contributed by atoms with Crippen molar-refractivity contribution in [2.75, 3.05) is 14.1 Å². The molecule has 0 aromatic heterocycles. The minimum atomic E-state index is 0.452. The molecule has 2 heteroatoms. The lowest BCUT2D eigenvalue weighted by molar-refractivity contribution is 0.209. The van der Waals surface area contributed by atoms with Gasteiger partial charge in [0.2, 0.25) is 0 Å². The highest BCUT2D eigenvalue weighted by Gasteiger charge is 2.15. The third kappa shape index (κ3) is 12.9. The number of nitrogens with zero attached hydrogens (tertiary/aromatic N) is 1. The largest absolute Gasteiger partial charge is 0.365 e. The number of rotatable bonds is 6. The number of nitrogens with one attached hydrogen (secondary N) is 1. The van der Waals surface area contributed by atoms with Crippen molar-refractivity contribution < 1.29 is 0 Å². The first kappa shape index (κ1) is 22.0. The summed E-state index contributed by atoms with van der Waals surface area (Å²) < 4.78 is 0. The average molecular weight is 252 g/mol. The van der Waals surface area contributed by atoms with E-state index in [4.69, 9.17) is 0 Å². The van der Waals surface area contributed by atoms with E-state index in [1.807, 2.05) is 7.05 Å². The van der Waals surface area contributed by atoms with Crippen LogP contribution in [0.3, 0.4) is 0 Å². The van der Waals surface area contributed by atoms with Crippen LogP contribution in [-0.2, 0) is 0 Å². The van der Waals surface area contributed by atoms with Crippen molar-refractivity contribution in [3.63, 3.8) is 0 Å². The molecule has 0 aliphatic rings. The van der Waals surface area contributed by atoms with E-state index in [1.165, 1.54) is 6.42 Å². The van der Waals surface area contributed by atoms with Crippen LogP contribution in [0.15, 0.2) is 25.4 Å². The van der Waals surface area contributed by atoms with Crippen molar-refractivity contribution >= 4 is 0 Å². The topological polar surface area (TPSA) is 15.3 Å². The maximum atomic E-state index is 4.60. The monoisotopic (exact) mass is 252 g/mol. The maximum absolute atomic E-state index is 4.60. The average Bonchev–Trinajstić information content (AvgIpc) is 2.40. The Hall–Kier alpha value is -1.20. The minimum Gasteiger partial charge on any atom is -0.365 e. The zero-order chi connectivity index (χ0) is 15.0. The van der Waals surface area contributed by atoms with Crippen LogP contribution < -0.4 is 5.32 Å². The highest BCUT2D eigenvalue weighted by atomic mass is 15.2. The van der Waals surface area contributed by atoms with Gasteiger partial charge in [0, 0.05) is 7.05 Å². The molecule has 0 aliphatic heterocycles. The highest BCUT2D eigenvalue weighted by Crippen LogP contribution is 2.10. The van der Waals surface area contributed by atoms with Crippen LogP contribution in [0.1, 0.15) is 40.5 Å². The van der Waals surface area contributed by atoms with Crippen LogP contribution in [0.2, 0.25) is 0 Å². The van der Waals surface area contributed by atoms with Gasteiger partial charge in [-0.05, 0) is 32.5 Å². The molecule has 18 heavy (non-hydrogen) atoms. The Morgan fingerprint density at radius 2 is 1.83 bits per heavy atom. The Morgan fingerprint density at radius 1 is 1.39 bits per heavy atom. The van der Waals surface area contributed by atoms with E-state index in [0.29, 0.717) is 12.1 Å². The predicted molar refractivity (Wildman–Crippen MR) is 85.3 cm³/mol. The molecule has 0 bridgehead atoms. The summed E-state index contributed by atoms with van der Waals surface area (Å²) in [4.78, 5) is 2.25. The van der Waals surface area contributed by atoms with Crippen LogP contribution in [0.5, 0.6) is 0 Å². The molecule has 0 aromatic rings. The summed E-state index contributed by atoms with van der Waals surface area (Å²) in [5.41, 5.74) is 0. The molecule has 2 atom stereocenters. The van der Waals surface area contributed by atoms with Gasteiger partial charge >= 0.3 is 0 Å². The van der Waals surface area contributed by atoms with E-state index >= 15 is 0 Å². The first-order chi connectivity index (χ1) is 8.58. The third-order valence-electron chi connectivity index (χ3n) is 2.49. The molecule has 0 spiro atoms. The van der Waals surface area contributed by atoms with Crippen LogP contribution in [0, 0.1) is 18.3 Å². The van der Waals surface area contributed by atoms with Crippen LogP contribution >= 0.6 is 0 Å². The van der Waals surface area contributed by atoms with Crippen molar-refractivity contribution in [1.29, 1.82) is 0 Å². The second-order valence-corrected chi connectivity index (χ2v) is 3.87. The molecule has 106 valence electrons. The second-order valence-electron chi connectivity index (χ2n) is 3.87. The first-order valence-electron chi connectivity index (χ1n) is 6.52. The van der Waals surface area contributed by atoms with E-state index in [9.17, 15) is 0 Å². The normalized spacial score (nSPS) is 12.3. The molecule has 0 saturated carbocycles. The molecule has 0 amide bonds. The lowest BCUT2D eigenvalue weighted by atomic mass is 10.1. The summed E-state index contributed by atoms with van der Waals surface area (Å²) in [6.07, 6.45) is 11.7. The molecule has 2 nitrogen and oxygen atoms in total. The van der Waals surface area contributed by atoms with Gasteiger partial charge in [0.05, 0.1) is 6.17 Å². The van der Waals surface area contributed by atoms with Gasteiger partial charge in [-0.15, -0.1) is 25.5 Å². The lowest BCUT2D eigenvalue weighted by Crippen LogP contribution is -2.43. The summed E-state index contributed by atoms with van der Waals surface area (Å²) in [5.74, 6) is 2.93. The molecule has 1 N–H and O–H groups in total. The quantitative estimate of drug-likeness (QED) is 0.438. The van der Waals surface area contributed by atoms with Gasteiger partial charge in [-0.2, -0.15) is 0 Å². The molecule has 0 aromatic carbocycles. The number of hydrogen-bond donors (Lipinski definition) is 1. The number of terminal acetylenes is 1. The molecular formula is C16H32N2. The molecule has 2 unspecified atom stereocenters. The maximum Gasteiger partial charge on any atom is 0.0810 e. The fourth-order valence-electron chi connectivity index (χ4n) is 1.48. The molecule has 0 rings (SSSR count). The van der Waals surface area contributed by atoms with Crippen molar-refractivity contribution in [2.24, 2.45) is 5.92 Å². The van der Waals surface area contributed by atoms with Crippen molar-refractivity contribution in [2.45, 2.75) is 46.7 Å². The standard InChI is InChI=1S/C11H24N2.C3H4.C2H4/c1-6-8-9-13(5)11(12-4)10(3)7-2;1-3-2;1-2/h8-12H,6-7H2,1-5H3;1H,2H3;1-2H2/b9-8-;;. The Bertz CT molecular complexity index is 216. The van der Waals surface area contributed by atoms with Crippen LogP contribution in [-0.4, -0.2) is 25.2 Å². The van der Waals surface area contributed by atoms with Gasteiger partial charge in [-0.1, -0.05) is 33.3 Å². The molecule has 0 radical (unpaired) electrons. The fourth-order valence-corrected chi connectivity index (χ4v) is 1.48. The Balaban J connectivity index is -0.000000389. The molecule has 0 saturated heterocycles. The van der Waals surface area contributed by atoms with Gasteiger partial charge in [-0.25, -0.2) is 0 Å². The van der Waals surface area contributed by atoms with Crippen molar-refractivity contribution in [3.05, 3.63) is 25.4 Å². The summed E-state index contributed by atoms with van der Waals surface area (Å²) in [5, 5.41) is 3.34. The van der Waals surface area contributed by atoms with E-state index in [-0.39, 0.29) is 0 Å². The Morgan fingerprint density at radius 3 is 2.11 bits per heavy atom. The van der Waals surface area contributed by atoms with Crippen molar-refractivity contribution in [1.82, 2.24) is 10.2 Å². The number of hydrogen-bond acceptors (Lipinski definition) is 2. The molecule has 0 fully saturated rings. The highest BCUT2D eigenvalue weighted by molar-refractivity contribution is 4.84. The van der Waals surface area contributed by atoms with Gasteiger partial charge in [0.25, 0.3) is 0 Å². The third-order valence-corrected chi connectivity index (χ3v) is 2.49. The zero-order valence-electron chi connectivity index (χ0n) is 13.2. The van der Waals surface area contributed by atoms with E-state index in [1.54, 1.807) is 6.92 Å². The zero-order valence-corrected chi connectivity index (χ0v) is 13.2. The molecule has 0 heterocycles. The summed E-state index contributed by atoms with van der Waals surface area (Å²) in [6, 6.07) is 0. The molecule has 0 aliphatic carbocycles. The summed E-state index contributed by atoms with van der Waals surface area (Å²) in [7, 11) is 4.15. The Labute approximate surface area is 115 Å². The summed E-state index contributed by atoms with van der Waals surface area (Å²) >= 11 is 0. The SMILES string of the molecule is C#CC.C=C.CC/C=C\N(C)C(NC)C(C)CC. The lowest BCUT2D eigenvalue weighted by Gasteiger charge is -2.31. The van der Waals surface area contributed by atoms with Crippen molar-refractivity contribution in [3.8, 4) is 12.3 Å². The van der Waals surface area contributed by atoms with Gasteiger partial charge in [0.1, 0.15) is 0 Å². The van der Waals surface area contributed by atoms with Crippen LogP contribution in [0.25, 0.3) is 0 Å². The smallest absolute Gasteiger partial charge is 0.0810 e.